The number of halogens is 1. The summed E-state index contributed by atoms with van der Waals surface area (Å²) in [4.78, 5) is 38.1. The third-order valence-electron chi connectivity index (χ3n) is 4.32. The Balaban J connectivity index is 1.85. The molecule has 9 nitrogen and oxygen atoms in total. The summed E-state index contributed by atoms with van der Waals surface area (Å²) < 4.78 is 19.7. The first-order valence-corrected chi connectivity index (χ1v) is 8.74. The van der Waals surface area contributed by atoms with Crippen molar-refractivity contribution in [3.05, 3.63) is 30.1 Å². The van der Waals surface area contributed by atoms with Gasteiger partial charge in [-0.3, -0.25) is 4.79 Å². The molecule has 0 aromatic heterocycles. The van der Waals surface area contributed by atoms with Crippen LogP contribution in [0.4, 0.5) is 19.7 Å². The molecule has 2 saturated heterocycles. The van der Waals surface area contributed by atoms with Crippen LogP contribution in [0.2, 0.25) is 0 Å². The summed E-state index contributed by atoms with van der Waals surface area (Å²) in [5, 5.41) is 7.82. The lowest BCUT2D eigenvalue weighted by Crippen LogP contribution is -2.57. The lowest BCUT2D eigenvalue weighted by atomic mass is 10.3. The third-order valence-corrected chi connectivity index (χ3v) is 4.32. The Kier molecular flexibility index (Phi) is 5.75. The molecule has 4 amide bonds. The van der Waals surface area contributed by atoms with Crippen LogP contribution >= 0.6 is 0 Å². The Morgan fingerprint density at radius 1 is 1.33 bits per heavy atom. The summed E-state index contributed by atoms with van der Waals surface area (Å²) in [7, 11) is 0. The van der Waals surface area contributed by atoms with Gasteiger partial charge in [0.25, 0.3) is 0 Å². The van der Waals surface area contributed by atoms with Crippen molar-refractivity contribution in [2.45, 2.75) is 13.0 Å². The number of benzene rings is 1. The Morgan fingerprint density at radius 3 is 2.70 bits per heavy atom. The number of para-hydroxylation sites is 1. The molecule has 1 atom stereocenters. The number of rotatable bonds is 4. The van der Waals surface area contributed by atoms with Gasteiger partial charge < -0.3 is 20.3 Å². The predicted molar refractivity (Wildman–Crippen MR) is 94.4 cm³/mol. The van der Waals surface area contributed by atoms with E-state index in [2.05, 4.69) is 10.6 Å². The standard InChI is InChI=1S/C17H22FN5O4/c1-12(24)20-10-13-11-22(17(26)27-13)23(15-5-3-2-4-14(15)18)16(25)21-8-6-19-7-9-21/h2-5,13,19H,6-11H2,1H3,(H,20,24). The number of nitrogens with one attached hydrogen (secondary N) is 2. The Labute approximate surface area is 156 Å². The van der Waals surface area contributed by atoms with Crippen molar-refractivity contribution in [1.29, 1.82) is 0 Å². The van der Waals surface area contributed by atoms with E-state index in [9.17, 15) is 18.8 Å². The summed E-state index contributed by atoms with van der Waals surface area (Å²) in [5.74, 6) is -0.883. The molecule has 2 heterocycles. The van der Waals surface area contributed by atoms with E-state index in [1.165, 1.54) is 25.1 Å². The highest BCUT2D eigenvalue weighted by molar-refractivity contribution is 5.94. The number of urea groups is 1. The van der Waals surface area contributed by atoms with E-state index < -0.39 is 24.0 Å². The zero-order chi connectivity index (χ0) is 19.4. The number of carbonyl (C=O) groups is 3. The molecule has 0 radical (unpaired) electrons. The smallest absolute Gasteiger partial charge is 0.429 e. The number of amides is 4. The van der Waals surface area contributed by atoms with Gasteiger partial charge in [-0.15, -0.1) is 0 Å². The number of carbonyl (C=O) groups excluding carboxylic acids is 3. The fourth-order valence-electron chi connectivity index (χ4n) is 2.99. The van der Waals surface area contributed by atoms with Gasteiger partial charge >= 0.3 is 12.1 Å². The number of hydrogen-bond donors (Lipinski definition) is 2. The number of hydrogen-bond acceptors (Lipinski definition) is 5. The van der Waals surface area contributed by atoms with Crippen molar-refractivity contribution in [3.8, 4) is 0 Å². The zero-order valence-corrected chi connectivity index (χ0v) is 15.0. The molecule has 2 fully saturated rings. The zero-order valence-electron chi connectivity index (χ0n) is 15.0. The lowest BCUT2D eigenvalue weighted by molar-refractivity contribution is -0.119. The van der Waals surface area contributed by atoms with Crippen LogP contribution in [0.3, 0.4) is 0 Å². The SMILES string of the molecule is CC(=O)NCC1CN(N(C(=O)N2CCNCC2)c2ccccc2F)C(=O)O1. The third kappa shape index (κ3) is 4.27. The molecule has 0 aliphatic carbocycles. The first-order chi connectivity index (χ1) is 13.0. The summed E-state index contributed by atoms with van der Waals surface area (Å²) in [5.41, 5.74) is -0.0295. The highest BCUT2D eigenvalue weighted by Crippen LogP contribution is 2.26. The molecule has 1 aromatic carbocycles. The molecule has 27 heavy (non-hydrogen) atoms. The normalized spacial score (nSPS) is 19.6. The van der Waals surface area contributed by atoms with Crippen LogP contribution in [0, 0.1) is 5.82 Å². The number of hydrazine groups is 1. The average Bonchev–Trinajstić information content (AvgIpc) is 3.03. The van der Waals surface area contributed by atoms with Crippen molar-refractivity contribution < 1.29 is 23.5 Å². The molecule has 146 valence electrons. The maximum atomic E-state index is 14.4. The summed E-state index contributed by atoms with van der Waals surface area (Å²) in [6.45, 7) is 3.62. The van der Waals surface area contributed by atoms with Gasteiger partial charge in [0, 0.05) is 33.1 Å². The molecule has 2 aliphatic heterocycles. The van der Waals surface area contributed by atoms with Gasteiger partial charge in [-0.2, -0.15) is 5.01 Å². The van der Waals surface area contributed by atoms with Gasteiger partial charge in [0.05, 0.1) is 13.1 Å². The number of anilines is 1. The van der Waals surface area contributed by atoms with E-state index in [0.29, 0.717) is 26.2 Å². The van der Waals surface area contributed by atoms with Gasteiger partial charge in [-0.25, -0.2) is 19.0 Å². The van der Waals surface area contributed by atoms with Gasteiger partial charge in [0.2, 0.25) is 5.91 Å². The van der Waals surface area contributed by atoms with Crippen LogP contribution in [0.15, 0.2) is 24.3 Å². The van der Waals surface area contributed by atoms with E-state index in [1.807, 2.05) is 0 Å². The molecule has 3 rings (SSSR count). The minimum atomic E-state index is -0.767. The number of ether oxygens (including phenoxy) is 1. The Bertz CT molecular complexity index is 725. The van der Waals surface area contributed by atoms with Gasteiger partial charge in [0.15, 0.2) is 0 Å². The molecule has 2 N–H and O–H groups in total. The van der Waals surface area contributed by atoms with Crippen molar-refractivity contribution >= 4 is 23.7 Å². The van der Waals surface area contributed by atoms with Crippen LogP contribution in [0.5, 0.6) is 0 Å². The summed E-state index contributed by atoms with van der Waals surface area (Å²) in [6, 6.07) is 5.26. The van der Waals surface area contributed by atoms with Gasteiger partial charge in [-0.1, -0.05) is 12.1 Å². The second kappa shape index (κ2) is 8.21. The van der Waals surface area contributed by atoms with Gasteiger partial charge in [0.1, 0.15) is 17.6 Å². The fraction of sp³-hybridized carbons (Fsp3) is 0.471. The first kappa shape index (κ1) is 18.9. The number of nitrogens with zero attached hydrogens (tertiary/aromatic N) is 3. The minimum absolute atomic E-state index is 0.0191. The molecule has 1 unspecified atom stereocenters. The van der Waals surface area contributed by atoms with E-state index in [4.69, 9.17) is 4.74 Å². The number of cyclic esters (lactones) is 1. The second-order valence-electron chi connectivity index (χ2n) is 6.31. The molecule has 10 heteroatoms. The molecular formula is C17H22FN5O4. The molecule has 0 bridgehead atoms. The van der Waals surface area contributed by atoms with Crippen LogP contribution in [0.1, 0.15) is 6.92 Å². The van der Waals surface area contributed by atoms with Crippen LogP contribution in [-0.4, -0.2) is 73.3 Å². The first-order valence-electron chi connectivity index (χ1n) is 8.74. The maximum absolute atomic E-state index is 14.4. The van der Waals surface area contributed by atoms with E-state index in [0.717, 1.165) is 10.0 Å². The molecule has 2 aliphatic rings. The van der Waals surface area contributed by atoms with Crippen LogP contribution in [0.25, 0.3) is 0 Å². The molecule has 0 saturated carbocycles. The lowest BCUT2D eigenvalue weighted by Gasteiger charge is -2.36. The van der Waals surface area contributed by atoms with Crippen LogP contribution < -0.4 is 15.6 Å². The van der Waals surface area contributed by atoms with Crippen molar-refractivity contribution in [3.63, 3.8) is 0 Å². The predicted octanol–water partition coefficient (Wildman–Crippen LogP) is 0.529. The highest BCUT2D eigenvalue weighted by Gasteiger charge is 2.40. The van der Waals surface area contributed by atoms with Crippen LogP contribution in [-0.2, 0) is 9.53 Å². The van der Waals surface area contributed by atoms with Crippen molar-refractivity contribution in [2.75, 3.05) is 44.3 Å². The van der Waals surface area contributed by atoms with E-state index in [-0.39, 0.29) is 24.7 Å². The van der Waals surface area contributed by atoms with Crippen molar-refractivity contribution in [1.82, 2.24) is 20.5 Å². The molecule has 1 aromatic rings. The Morgan fingerprint density at radius 2 is 2.04 bits per heavy atom. The monoisotopic (exact) mass is 379 g/mol. The maximum Gasteiger partial charge on any atom is 0.429 e. The second-order valence-corrected chi connectivity index (χ2v) is 6.31. The quantitative estimate of drug-likeness (QED) is 0.796. The van der Waals surface area contributed by atoms with E-state index >= 15 is 0 Å². The summed E-state index contributed by atoms with van der Waals surface area (Å²) >= 11 is 0. The largest absolute Gasteiger partial charge is 0.441 e. The molecule has 0 spiro atoms. The average molecular weight is 379 g/mol. The fourth-order valence-corrected chi connectivity index (χ4v) is 2.99. The van der Waals surface area contributed by atoms with Gasteiger partial charge in [-0.05, 0) is 12.1 Å². The molecular weight excluding hydrogens is 357 g/mol. The van der Waals surface area contributed by atoms with E-state index in [1.54, 1.807) is 11.0 Å². The summed E-state index contributed by atoms with van der Waals surface area (Å²) in [6.07, 6.45) is -1.40. The minimum Gasteiger partial charge on any atom is -0.441 e. The number of piperazine rings is 1. The highest BCUT2D eigenvalue weighted by atomic mass is 19.1. The topological polar surface area (TPSA) is 94.2 Å². The Hall–Kier alpha value is -2.88. The van der Waals surface area contributed by atoms with Crippen molar-refractivity contribution in [2.24, 2.45) is 0 Å².